The molecule has 50 heavy (non-hydrogen) atoms. The summed E-state index contributed by atoms with van der Waals surface area (Å²) in [4.78, 5) is 10.2. The van der Waals surface area contributed by atoms with Crippen molar-refractivity contribution in [3.63, 3.8) is 0 Å². The highest BCUT2D eigenvalue weighted by atomic mass is 35.5. The molecule has 3 aromatic carbocycles. The van der Waals surface area contributed by atoms with Crippen LogP contribution in [0.5, 0.6) is 5.88 Å². The molecule has 5 rings (SSSR count). The SMILES string of the molecule is Cc1nn(-c2cc(Cl)c(S(=O)(=O)O)cc2Cl)c(O)c1/N=N/c1cc(Nc2nc(Cl)nc(Nc3cccc(S(=O)(=O)O)c3)n2)ccc1S(=O)(=O)O. The second-order valence-electron chi connectivity index (χ2n) is 9.74. The fourth-order valence-electron chi connectivity index (χ4n) is 4.12. The van der Waals surface area contributed by atoms with Crippen LogP contribution < -0.4 is 10.6 Å². The molecular formula is C25H18Cl3N9O10S3. The molecule has 0 aliphatic heterocycles. The van der Waals surface area contributed by atoms with Gasteiger partial charge in [-0.3, -0.25) is 13.7 Å². The van der Waals surface area contributed by atoms with E-state index in [9.17, 15) is 44.0 Å². The minimum Gasteiger partial charge on any atom is -0.492 e. The van der Waals surface area contributed by atoms with Gasteiger partial charge in [0.05, 0.1) is 26.3 Å². The third kappa shape index (κ3) is 8.26. The first-order valence-corrected chi connectivity index (χ1v) is 18.5. The molecule has 0 unspecified atom stereocenters. The molecule has 0 fully saturated rings. The van der Waals surface area contributed by atoms with Crippen molar-refractivity contribution < 1.29 is 44.0 Å². The Labute approximate surface area is 296 Å². The van der Waals surface area contributed by atoms with Gasteiger partial charge < -0.3 is 15.7 Å². The number of azo groups is 1. The van der Waals surface area contributed by atoms with E-state index in [1.807, 2.05) is 0 Å². The Morgan fingerprint density at radius 1 is 0.720 bits per heavy atom. The first-order chi connectivity index (χ1) is 23.2. The molecule has 2 heterocycles. The molecule has 19 nitrogen and oxygen atoms in total. The van der Waals surface area contributed by atoms with Gasteiger partial charge in [0.1, 0.15) is 15.5 Å². The maximum atomic E-state index is 12.1. The number of nitrogens with one attached hydrogen (secondary N) is 2. The van der Waals surface area contributed by atoms with Crippen LogP contribution >= 0.6 is 34.8 Å². The molecule has 6 N–H and O–H groups in total. The molecule has 0 saturated carbocycles. The normalized spacial score (nSPS) is 12.4. The summed E-state index contributed by atoms with van der Waals surface area (Å²) in [6, 6.07) is 10.2. The lowest BCUT2D eigenvalue weighted by Crippen LogP contribution is -2.05. The van der Waals surface area contributed by atoms with E-state index >= 15 is 0 Å². The van der Waals surface area contributed by atoms with Crippen LogP contribution in [0, 0.1) is 6.92 Å². The van der Waals surface area contributed by atoms with Crippen molar-refractivity contribution in [1.82, 2.24) is 24.7 Å². The standard InChI is InChI=1S/C25H18Cl3N9O10S3/c1-11-21(22(38)37(36-11)18-9-16(27)20(10-15(18)26)50(45,46)47)35-34-17-8-13(5-6-19(17)49(42,43)44)30-25-32-23(28)31-24(33-25)29-12-3-2-4-14(7-12)48(39,40)41/h2-10,38H,1H3,(H,39,40,41)(H,42,43,44)(H,45,46,47)(H2,29,30,31,32,33)/b35-34+. The number of anilines is 4. The zero-order valence-corrected chi connectivity index (χ0v) is 29.1. The lowest BCUT2D eigenvalue weighted by Gasteiger charge is -2.10. The average molecular weight is 807 g/mol. The maximum absolute atomic E-state index is 12.1. The van der Waals surface area contributed by atoms with E-state index in [2.05, 4.69) is 40.9 Å². The van der Waals surface area contributed by atoms with E-state index in [-0.39, 0.29) is 50.6 Å². The first-order valence-electron chi connectivity index (χ1n) is 13.0. The molecule has 0 saturated heterocycles. The van der Waals surface area contributed by atoms with Gasteiger partial charge in [-0.2, -0.15) is 50.0 Å². The largest absolute Gasteiger partial charge is 0.492 e. The van der Waals surface area contributed by atoms with Crippen LogP contribution in [0.3, 0.4) is 0 Å². The molecule has 0 bridgehead atoms. The monoisotopic (exact) mass is 805 g/mol. The van der Waals surface area contributed by atoms with Crippen molar-refractivity contribution in [2.75, 3.05) is 10.6 Å². The lowest BCUT2D eigenvalue weighted by molar-refractivity contribution is 0.434. The van der Waals surface area contributed by atoms with E-state index in [4.69, 9.17) is 34.8 Å². The Kier molecular flexibility index (Phi) is 10.0. The summed E-state index contributed by atoms with van der Waals surface area (Å²) in [6.07, 6.45) is 0. The van der Waals surface area contributed by atoms with Crippen LogP contribution in [-0.2, 0) is 30.4 Å². The van der Waals surface area contributed by atoms with E-state index in [1.165, 1.54) is 25.1 Å². The van der Waals surface area contributed by atoms with Crippen LogP contribution in [-0.4, -0.2) is 68.8 Å². The summed E-state index contributed by atoms with van der Waals surface area (Å²) in [5, 5.41) is 27.2. The van der Waals surface area contributed by atoms with Crippen LogP contribution in [0.25, 0.3) is 5.69 Å². The van der Waals surface area contributed by atoms with Gasteiger partial charge in [-0.05, 0) is 67.1 Å². The first kappa shape index (κ1) is 36.8. The van der Waals surface area contributed by atoms with E-state index in [0.29, 0.717) is 0 Å². The minimum atomic E-state index is -4.87. The molecule has 0 amide bonds. The lowest BCUT2D eigenvalue weighted by atomic mass is 10.3. The van der Waals surface area contributed by atoms with Gasteiger partial charge in [-0.25, -0.2) is 0 Å². The van der Waals surface area contributed by atoms with Crippen LogP contribution in [0.1, 0.15) is 5.69 Å². The minimum absolute atomic E-state index is 0.0296. The van der Waals surface area contributed by atoms with Crippen LogP contribution in [0.4, 0.5) is 34.6 Å². The number of aromatic nitrogens is 5. The van der Waals surface area contributed by atoms with E-state index < -0.39 is 61.6 Å². The summed E-state index contributed by atoms with van der Waals surface area (Å²) >= 11 is 18.2. The number of rotatable bonds is 10. The van der Waals surface area contributed by atoms with Gasteiger partial charge in [0.2, 0.25) is 23.1 Å². The molecule has 5 aromatic rings. The summed E-state index contributed by atoms with van der Waals surface area (Å²) < 4.78 is 99.7. The van der Waals surface area contributed by atoms with Crippen molar-refractivity contribution >= 4 is 99.8 Å². The van der Waals surface area contributed by atoms with Gasteiger partial charge in [-0.1, -0.05) is 29.3 Å². The Balaban J connectivity index is 1.48. The summed E-state index contributed by atoms with van der Waals surface area (Å²) in [5.74, 6) is -1.04. The van der Waals surface area contributed by atoms with Crippen molar-refractivity contribution in [3.05, 3.63) is 75.6 Å². The number of aromatic hydroxyl groups is 1. The summed E-state index contributed by atoms with van der Waals surface area (Å²) in [7, 11) is -14.1. The quantitative estimate of drug-likeness (QED) is 0.0731. The fraction of sp³-hybridized carbons (Fsp3) is 0.0400. The zero-order valence-electron chi connectivity index (χ0n) is 24.4. The summed E-state index contributed by atoms with van der Waals surface area (Å²) in [5.41, 5.74) is -0.577. The Morgan fingerprint density at radius 2 is 1.34 bits per heavy atom. The third-order valence-corrected chi connectivity index (χ3v) is 9.80. The fourth-order valence-corrected chi connectivity index (χ4v) is 6.74. The molecule has 262 valence electrons. The van der Waals surface area contributed by atoms with Gasteiger partial charge in [0, 0.05) is 11.4 Å². The molecule has 0 radical (unpaired) electrons. The van der Waals surface area contributed by atoms with Crippen molar-refractivity contribution in [1.29, 1.82) is 0 Å². The van der Waals surface area contributed by atoms with Gasteiger partial charge in [0.15, 0.2) is 5.69 Å². The molecule has 0 aliphatic carbocycles. The number of hydrogen-bond acceptors (Lipinski definition) is 15. The predicted molar refractivity (Wildman–Crippen MR) is 178 cm³/mol. The second-order valence-corrected chi connectivity index (χ2v) is 15.1. The highest BCUT2D eigenvalue weighted by Crippen LogP contribution is 2.39. The van der Waals surface area contributed by atoms with Gasteiger partial charge in [-0.15, -0.1) is 10.2 Å². The van der Waals surface area contributed by atoms with Gasteiger partial charge >= 0.3 is 0 Å². The maximum Gasteiger partial charge on any atom is 0.296 e. The number of aryl methyl sites for hydroxylation is 1. The molecule has 0 atom stereocenters. The highest BCUT2D eigenvalue weighted by molar-refractivity contribution is 7.86. The zero-order chi connectivity index (χ0) is 36.8. The van der Waals surface area contributed by atoms with E-state index in [1.54, 1.807) is 0 Å². The third-order valence-electron chi connectivity index (χ3n) is 6.26. The second kappa shape index (κ2) is 13.7. The van der Waals surface area contributed by atoms with E-state index in [0.717, 1.165) is 41.1 Å². The van der Waals surface area contributed by atoms with Crippen LogP contribution in [0.2, 0.25) is 15.3 Å². The Morgan fingerprint density at radius 3 is 1.94 bits per heavy atom. The summed E-state index contributed by atoms with van der Waals surface area (Å²) in [6.45, 7) is 1.39. The molecular weight excluding hydrogens is 789 g/mol. The predicted octanol–water partition coefficient (Wildman–Crippen LogP) is 5.67. The molecule has 0 spiro atoms. The average Bonchev–Trinajstić information content (AvgIpc) is 3.27. The number of hydrogen-bond donors (Lipinski definition) is 6. The van der Waals surface area contributed by atoms with Crippen molar-refractivity contribution in [2.24, 2.45) is 10.2 Å². The van der Waals surface area contributed by atoms with Gasteiger partial charge in [0.25, 0.3) is 30.4 Å². The number of benzene rings is 3. The molecule has 0 aliphatic rings. The molecule has 25 heteroatoms. The van der Waals surface area contributed by atoms with Crippen molar-refractivity contribution in [2.45, 2.75) is 21.6 Å². The smallest absolute Gasteiger partial charge is 0.296 e. The van der Waals surface area contributed by atoms with Crippen LogP contribution in [0.15, 0.2) is 79.5 Å². The topological polar surface area (TPSA) is 289 Å². The Hall–Kier alpha value is -4.52. The molecule has 2 aromatic heterocycles. The highest BCUT2D eigenvalue weighted by Gasteiger charge is 2.23. The number of nitrogens with zero attached hydrogens (tertiary/aromatic N) is 7. The van der Waals surface area contributed by atoms with Crippen molar-refractivity contribution in [3.8, 4) is 11.6 Å². The Bertz CT molecular complexity index is 2550. The number of halogens is 3.